The zero-order valence-electron chi connectivity index (χ0n) is 15.4. The molecule has 0 bridgehead atoms. The molecular weight excluding hydrogens is 366 g/mol. The smallest absolute Gasteiger partial charge is 0.326 e. The Hall–Kier alpha value is -3.55. The summed E-state index contributed by atoms with van der Waals surface area (Å²) in [7, 11) is 1.53. The molecule has 3 rings (SSSR count). The van der Waals surface area contributed by atoms with Gasteiger partial charge in [0.2, 0.25) is 12.6 Å². The molecule has 0 aromatic heterocycles. The van der Waals surface area contributed by atoms with Gasteiger partial charge in [0.15, 0.2) is 17.6 Å². The number of rotatable bonds is 7. The minimum Gasteiger partial charge on any atom is -0.497 e. The average molecular weight is 385 g/mol. The first-order chi connectivity index (χ1) is 13.5. The minimum absolute atomic E-state index is 0.104. The van der Waals surface area contributed by atoms with Gasteiger partial charge in [0.1, 0.15) is 12.3 Å². The van der Waals surface area contributed by atoms with Crippen molar-refractivity contribution in [2.24, 2.45) is 0 Å². The number of carbonyl (C=O) groups excluding carboxylic acids is 3. The van der Waals surface area contributed by atoms with Gasteiger partial charge in [-0.05, 0) is 49.4 Å². The number of ketones is 1. The molecule has 0 unspecified atom stereocenters. The van der Waals surface area contributed by atoms with Gasteiger partial charge in [-0.3, -0.25) is 14.4 Å². The van der Waals surface area contributed by atoms with E-state index >= 15 is 0 Å². The van der Waals surface area contributed by atoms with Crippen LogP contribution in [0.5, 0.6) is 17.2 Å². The van der Waals surface area contributed by atoms with Crippen molar-refractivity contribution in [2.45, 2.75) is 13.0 Å². The molecule has 1 aliphatic heterocycles. The van der Waals surface area contributed by atoms with Gasteiger partial charge in [-0.25, -0.2) is 0 Å². The molecule has 1 amide bonds. The van der Waals surface area contributed by atoms with Crippen molar-refractivity contribution in [3.05, 3.63) is 53.6 Å². The van der Waals surface area contributed by atoms with Gasteiger partial charge in [0, 0.05) is 11.1 Å². The number of nitrogens with one attached hydrogen (secondary N) is 1. The molecule has 0 saturated heterocycles. The maximum atomic E-state index is 12.3. The van der Waals surface area contributed by atoms with Crippen LogP contribution < -0.4 is 19.5 Å². The Morgan fingerprint density at radius 1 is 1.04 bits per heavy atom. The minimum atomic E-state index is -0.983. The molecule has 1 heterocycles. The zero-order chi connectivity index (χ0) is 20.1. The Kier molecular flexibility index (Phi) is 5.78. The number of esters is 1. The van der Waals surface area contributed by atoms with E-state index in [1.807, 2.05) is 0 Å². The van der Waals surface area contributed by atoms with Gasteiger partial charge in [-0.2, -0.15) is 0 Å². The average Bonchev–Trinajstić information content (AvgIpc) is 3.19. The number of hydrogen-bond donors (Lipinski definition) is 1. The maximum Gasteiger partial charge on any atom is 0.326 e. The monoisotopic (exact) mass is 385 g/mol. The third-order valence-corrected chi connectivity index (χ3v) is 4.08. The Balaban J connectivity index is 1.50. The van der Waals surface area contributed by atoms with Crippen LogP contribution in [-0.2, 0) is 9.53 Å². The van der Waals surface area contributed by atoms with Gasteiger partial charge in [0.05, 0.1) is 7.11 Å². The van der Waals surface area contributed by atoms with Crippen LogP contribution in [-0.4, -0.2) is 44.2 Å². The van der Waals surface area contributed by atoms with Gasteiger partial charge in [0.25, 0.3) is 5.91 Å². The number of methoxy groups -OCH3 is 1. The highest BCUT2D eigenvalue weighted by Gasteiger charge is 2.21. The number of fused-ring (bicyclic) bond motifs is 1. The molecule has 1 atom stereocenters. The molecule has 2 aromatic rings. The summed E-state index contributed by atoms with van der Waals surface area (Å²) in [5, 5.41) is 2.45. The van der Waals surface area contributed by atoms with E-state index in [0.717, 1.165) is 0 Å². The SMILES string of the molecule is COc1ccc(C(=O)[C@@H](C)OC(=O)CNC(=O)c2ccc3c(c2)OCO3)cc1. The van der Waals surface area contributed by atoms with Crippen LogP contribution >= 0.6 is 0 Å². The Morgan fingerprint density at radius 2 is 1.71 bits per heavy atom. The first kappa shape index (κ1) is 19.2. The molecule has 8 heteroatoms. The van der Waals surface area contributed by atoms with Gasteiger partial charge in [-0.1, -0.05) is 0 Å². The highest BCUT2D eigenvalue weighted by molar-refractivity contribution is 6.00. The lowest BCUT2D eigenvalue weighted by atomic mass is 10.1. The normalized spacial score (nSPS) is 12.8. The fraction of sp³-hybridized carbons (Fsp3) is 0.250. The molecule has 0 spiro atoms. The largest absolute Gasteiger partial charge is 0.497 e. The van der Waals surface area contributed by atoms with Crippen LogP contribution in [0.25, 0.3) is 0 Å². The second-order valence-electron chi connectivity index (χ2n) is 5.98. The van der Waals surface area contributed by atoms with Crippen LogP contribution in [0.4, 0.5) is 0 Å². The van der Waals surface area contributed by atoms with E-state index in [1.54, 1.807) is 36.4 Å². The predicted molar refractivity (Wildman–Crippen MR) is 97.8 cm³/mol. The van der Waals surface area contributed by atoms with Crippen molar-refractivity contribution in [3.63, 3.8) is 0 Å². The van der Waals surface area contributed by atoms with Crippen LogP contribution in [0.2, 0.25) is 0 Å². The summed E-state index contributed by atoms with van der Waals surface area (Å²) in [4.78, 5) is 36.4. The molecule has 28 heavy (non-hydrogen) atoms. The number of Topliss-reactive ketones (excluding diaryl/α,β-unsaturated/α-hetero) is 1. The first-order valence-corrected chi connectivity index (χ1v) is 8.53. The zero-order valence-corrected chi connectivity index (χ0v) is 15.4. The van der Waals surface area contributed by atoms with Crippen molar-refractivity contribution < 1.29 is 33.3 Å². The highest BCUT2D eigenvalue weighted by Crippen LogP contribution is 2.32. The standard InChI is InChI=1S/C20H19NO7/c1-12(19(23)13-3-6-15(25-2)7-4-13)28-18(22)10-21-20(24)14-5-8-16-17(9-14)27-11-26-16/h3-9,12H,10-11H2,1-2H3,(H,21,24)/t12-/m1/s1. The molecule has 0 radical (unpaired) electrons. The van der Waals surface area contributed by atoms with E-state index in [-0.39, 0.29) is 19.1 Å². The van der Waals surface area contributed by atoms with E-state index in [0.29, 0.717) is 28.4 Å². The Bertz CT molecular complexity index is 892. The van der Waals surface area contributed by atoms with E-state index in [4.69, 9.17) is 18.9 Å². The number of benzene rings is 2. The number of ether oxygens (including phenoxy) is 4. The van der Waals surface area contributed by atoms with E-state index in [1.165, 1.54) is 20.1 Å². The van der Waals surface area contributed by atoms with Crippen molar-refractivity contribution in [1.29, 1.82) is 0 Å². The summed E-state index contributed by atoms with van der Waals surface area (Å²) < 4.78 is 20.5. The predicted octanol–water partition coefficient (Wildman–Crippen LogP) is 1.97. The summed E-state index contributed by atoms with van der Waals surface area (Å²) in [5.74, 6) is 0.106. The summed E-state index contributed by atoms with van der Waals surface area (Å²) in [5.41, 5.74) is 0.713. The molecule has 146 valence electrons. The lowest BCUT2D eigenvalue weighted by Gasteiger charge is -2.13. The van der Waals surface area contributed by atoms with Crippen molar-refractivity contribution in [1.82, 2.24) is 5.32 Å². The lowest BCUT2D eigenvalue weighted by Crippen LogP contribution is -2.34. The molecule has 0 aliphatic carbocycles. The van der Waals surface area contributed by atoms with Crippen LogP contribution in [0.15, 0.2) is 42.5 Å². The maximum absolute atomic E-state index is 12.3. The van der Waals surface area contributed by atoms with E-state index < -0.39 is 18.0 Å². The quantitative estimate of drug-likeness (QED) is 0.574. The fourth-order valence-corrected chi connectivity index (χ4v) is 2.57. The van der Waals surface area contributed by atoms with E-state index in [2.05, 4.69) is 5.32 Å². The van der Waals surface area contributed by atoms with Crippen LogP contribution in [0.3, 0.4) is 0 Å². The summed E-state index contributed by atoms with van der Waals surface area (Å²) in [6.45, 7) is 1.21. The van der Waals surface area contributed by atoms with Gasteiger partial charge >= 0.3 is 5.97 Å². The summed E-state index contributed by atoms with van der Waals surface area (Å²) in [6, 6.07) is 11.2. The summed E-state index contributed by atoms with van der Waals surface area (Å²) >= 11 is 0. The molecule has 1 N–H and O–H groups in total. The van der Waals surface area contributed by atoms with Crippen molar-refractivity contribution in [2.75, 3.05) is 20.4 Å². The van der Waals surface area contributed by atoms with Crippen LogP contribution in [0.1, 0.15) is 27.6 Å². The van der Waals surface area contributed by atoms with Crippen molar-refractivity contribution in [3.8, 4) is 17.2 Å². The molecular formula is C20H19NO7. The summed E-state index contributed by atoms with van der Waals surface area (Å²) in [6.07, 6.45) is -0.983. The second-order valence-corrected chi connectivity index (χ2v) is 5.98. The van der Waals surface area contributed by atoms with E-state index in [9.17, 15) is 14.4 Å². The topological polar surface area (TPSA) is 100 Å². The molecule has 8 nitrogen and oxygen atoms in total. The van der Waals surface area contributed by atoms with Gasteiger partial charge in [-0.15, -0.1) is 0 Å². The van der Waals surface area contributed by atoms with Crippen LogP contribution in [0, 0.1) is 0 Å². The number of carbonyl (C=O) groups is 3. The van der Waals surface area contributed by atoms with Crippen molar-refractivity contribution >= 4 is 17.7 Å². The molecule has 1 aliphatic rings. The van der Waals surface area contributed by atoms with Gasteiger partial charge < -0.3 is 24.3 Å². The third-order valence-electron chi connectivity index (χ3n) is 4.08. The third kappa shape index (κ3) is 4.40. The molecule has 2 aromatic carbocycles. The Morgan fingerprint density at radius 3 is 2.43 bits per heavy atom. The second kappa shape index (κ2) is 8.43. The lowest BCUT2D eigenvalue weighted by molar-refractivity contribution is -0.145. The molecule has 0 saturated carbocycles. The highest BCUT2D eigenvalue weighted by atomic mass is 16.7. The number of amides is 1. The number of hydrogen-bond acceptors (Lipinski definition) is 7. The fourth-order valence-electron chi connectivity index (χ4n) is 2.57. The molecule has 0 fully saturated rings. The Labute approximate surface area is 161 Å². The first-order valence-electron chi connectivity index (χ1n) is 8.53.